The summed E-state index contributed by atoms with van der Waals surface area (Å²) in [5.41, 5.74) is 0. The van der Waals surface area contributed by atoms with E-state index >= 15 is 0 Å². The van der Waals surface area contributed by atoms with E-state index in [-0.39, 0.29) is 54.8 Å². The molecule has 6 heteroatoms. The molecule has 0 saturated carbocycles. The molecular formula is C6H10ClNaO4. The van der Waals surface area contributed by atoms with Crippen molar-refractivity contribution in [2.24, 2.45) is 0 Å². The van der Waals surface area contributed by atoms with Crippen molar-refractivity contribution in [2.75, 3.05) is 0 Å². The van der Waals surface area contributed by atoms with Crippen LogP contribution in [0.1, 0.15) is 25.7 Å². The Morgan fingerprint density at radius 2 is 1.17 bits per heavy atom. The van der Waals surface area contributed by atoms with Crippen LogP contribution in [0.25, 0.3) is 0 Å². The van der Waals surface area contributed by atoms with Crippen molar-refractivity contribution in [3.63, 3.8) is 0 Å². The van der Waals surface area contributed by atoms with E-state index in [1.54, 1.807) is 0 Å². The van der Waals surface area contributed by atoms with Crippen LogP contribution < -0.4 is 42.0 Å². The Labute approximate surface area is 99.0 Å². The van der Waals surface area contributed by atoms with Crippen LogP contribution in [-0.2, 0) is 9.59 Å². The summed E-state index contributed by atoms with van der Waals surface area (Å²) in [6, 6.07) is 0. The maximum atomic E-state index is 9.90. The molecule has 0 amide bonds. The van der Waals surface area contributed by atoms with Gasteiger partial charge in [0.15, 0.2) is 0 Å². The van der Waals surface area contributed by atoms with Crippen LogP contribution in [-0.4, -0.2) is 22.2 Å². The number of carbonyl (C=O) groups is 2. The fourth-order valence-corrected chi connectivity index (χ4v) is 0.552. The third kappa shape index (κ3) is 16.7. The molecule has 0 bridgehead atoms. The molecular weight excluding hydrogens is 195 g/mol. The van der Waals surface area contributed by atoms with Gasteiger partial charge in [-0.05, 0) is 12.8 Å². The van der Waals surface area contributed by atoms with E-state index in [1.165, 1.54) is 0 Å². The Balaban J connectivity index is -0.000000405. The van der Waals surface area contributed by atoms with E-state index < -0.39 is 11.9 Å². The van der Waals surface area contributed by atoms with Gasteiger partial charge in [-0.2, -0.15) is 0 Å². The minimum absolute atomic E-state index is 0. The average Bonchev–Trinajstić information content (AvgIpc) is 1.79. The number of hydrogen-bond acceptors (Lipinski definition) is 2. The van der Waals surface area contributed by atoms with Gasteiger partial charge < -0.3 is 22.6 Å². The topological polar surface area (TPSA) is 74.6 Å². The third-order valence-electron chi connectivity index (χ3n) is 1.03. The number of halogens is 1. The summed E-state index contributed by atoms with van der Waals surface area (Å²) < 4.78 is 0. The maximum absolute atomic E-state index is 9.90. The van der Waals surface area contributed by atoms with Gasteiger partial charge in [0.2, 0.25) is 0 Å². The Kier molecular flexibility index (Phi) is 16.9. The zero-order chi connectivity index (χ0) is 7.98. The molecule has 4 nitrogen and oxygen atoms in total. The first-order chi connectivity index (χ1) is 4.63. The molecule has 12 heavy (non-hydrogen) atoms. The van der Waals surface area contributed by atoms with E-state index in [0.717, 1.165) is 0 Å². The minimum Gasteiger partial charge on any atom is -1.00 e. The predicted molar refractivity (Wildman–Crippen MR) is 33.7 cm³/mol. The van der Waals surface area contributed by atoms with Crippen molar-refractivity contribution in [1.82, 2.24) is 0 Å². The number of carboxylic acid groups (broad SMARTS) is 2. The summed E-state index contributed by atoms with van der Waals surface area (Å²) in [6.45, 7) is 0. The number of carboxylic acids is 2. The van der Waals surface area contributed by atoms with Crippen LogP contribution in [0.2, 0.25) is 0 Å². The van der Waals surface area contributed by atoms with E-state index in [1.807, 2.05) is 0 Å². The van der Waals surface area contributed by atoms with Crippen molar-refractivity contribution in [2.45, 2.75) is 25.7 Å². The summed E-state index contributed by atoms with van der Waals surface area (Å²) in [7, 11) is 0. The number of rotatable bonds is 5. The molecule has 0 saturated heterocycles. The zero-order valence-corrected chi connectivity index (χ0v) is 9.67. The number of unbranched alkanes of at least 4 members (excludes halogenated alkanes) is 1. The molecule has 0 fully saturated rings. The molecule has 0 spiro atoms. The molecule has 0 heterocycles. The molecule has 0 atom stereocenters. The first-order valence-corrected chi connectivity index (χ1v) is 3.06. The van der Waals surface area contributed by atoms with E-state index in [4.69, 9.17) is 10.2 Å². The number of hydrogen-bond donors (Lipinski definition) is 2. The zero-order valence-electron chi connectivity index (χ0n) is 6.92. The van der Waals surface area contributed by atoms with Crippen LogP contribution in [0.4, 0.5) is 0 Å². The summed E-state index contributed by atoms with van der Waals surface area (Å²) in [6.07, 6.45) is 1.02. The second-order valence-corrected chi connectivity index (χ2v) is 1.99. The summed E-state index contributed by atoms with van der Waals surface area (Å²) in [5.74, 6) is -1.74. The molecule has 0 aromatic carbocycles. The molecule has 0 aliphatic rings. The average molecular weight is 205 g/mol. The molecule has 0 aromatic heterocycles. The van der Waals surface area contributed by atoms with Gasteiger partial charge in [0, 0.05) is 12.8 Å². The fraction of sp³-hybridized carbons (Fsp3) is 0.667. The largest absolute Gasteiger partial charge is 1.00 e. The van der Waals surface area contributed by atoms with E-state index in [9.17, 15) is 9.59 Å². The molecule has 0 aliphatic heterocycles. The summed E-state index contributed by atoms with van der Waals surface area (Å²) in [4.78, 5) is 19.8. The summed E-state index contributed by atoms with van der Waals surface area (Å²) in [5, 5.41) is 16.3. The van der Waals surface area contributed by atoms with Crippen LogP contribution in [0.3, 0.4) is 0 Å². The fourth-order valence-electron chi connectivity index (χ4n) is 0.552. The monoisotopic (exact) mass is 204 g/mol. The van der Waals surface area contributed by atoms with Gasteiger partial charge in [-0.3, -0.25) is 9.59 Å². The maximum Gasteiger partial charge on any atom is 1.00 e. The number of aliphatic carboxylic acids is 2. The van der Waals surface area contributed by atoms with Crippen LogP contribution >= 0.6 is 0 Å². The molecule has 2 N–H and O–H groups in total. The Morgan fingerprint density at radius 3 is 1.33 bits per heavy atom. The van der Waals surface area contributed by atoms with Crippen molar-refractivity contribution in [3.8, 4) is 0 Å². The Hall–Kier alpha value is 0.230. The van der Waals surface area contributed by atoms with Gasteiger partial charge in [0.05, 0.1) is 0 Å². The molecule has 0 aliphatic carbocycles. The second-order valence-electron chi connectivity index (χ2n) is 1.99. The van der Waals surface area contributed by atoms with Crippen molar-refractivity contribution in [1.29, 1.82) is 0 Å². The van der Waals surface area contributed by atoms with Gasteiger partial charge in [-0.1, -0.05) is 0 Å². The van der Waals surface area contributed by atoms with Crippen LogP contribution in [0.5, 0.6) is 0 Å². The molecule has 0 aromatic rings. The van der Waals surface area contributed by atoms with Gasteiger partial charge in [-0.25, -0.2) is 0 Å². The summed E-state index contributed by atoms with van der Waals surface area (Å²) >= 11 is 0. The third-order valence-corrected chi connectivity index (χ3v) is 1.03. The minimum atomic E-state index is -0.870. The smallest absolute Gasteiger partial charge is 1.00 e. The van der Waals surface area contributed by atoms with Gasteiger partial charge in [-0.15, -0.1) is 0 Å². The van der Waals surface area contributed by atoms with Crippen LogP contribution in [0, 0.1) is 0 Å². The predicted octanol–water partition coefficient (Wildman–Crippen LogP) is -5.28. The normalized spacial score (nSPS) is 7.67. The first kappa shape index (κ1) is 18.1. The van der Waals surface area contributed by atoms with Crippen molar-refractivity contribution >= 4 is 11.9 Å². The van der Waals surface area contributed by atoms with Gasteiger partial charge in [0.25, 0.3) is 0 Å². The van der Waals surface area contributed by atoms with Gasteiger partial charge in [0.1, 0.15) is 0 Å². The Morgan fingerprint density at radius 1 is 0.917 bits per heavy atom. The second kappa shape index (κ2) is 11.2. The van der Waals surface area contributed by atoms with E-state index in [0.29, 0.717) is 12.8 Å². The molecule has 0 rings (SSSR count). The van der Waals surface area contributed by atoms with Crippen molar-refractivity contribution < 1.29 is 61.8 Å². The molecule has 66 valence electrons. The first-order valence-electron chi connectivity index (χ1n) is 3.06. The van der Waals surface area contributed by atoms with Crippen molar-refractivity contribution in [3.05, 3.63) is 0 Å². The standard InChI is InChI=1S/C6H10O4.ClH.Na/c7-5(8)3-1-2-4-6(9)10;;/h1-4H2,(H,7,8)(H,9,10);1H;/q;;+1/p-1. The molecule has 0 radical (unpaired) electrons. The van der Waals surface area contributed by atoms with Gasteiger partial charge >= 0.3 is 41.5 Å². The van der Waals surface area contributed by atoms with E-state index in [2.05, 4.69) is 0 Å². The SMILES string of the molecule is O=C(O)CCCCC(=O)O.[Cl-].[Na+]. The quantitative estimate of drug-likeness (QED) is 0.347. The Bertz CT molecular complexity index is 124. The van der Waals surface area contributed by atoms with Crippen LogP contribution in [0.15, 0.2) is 0 Å². The molecule has 0 unspecified atom stereocenters.